The van der Waals surface area contributed by atoms with E-state index in [0.29, 0.717) is 19.4 Å². The number of benzene rings is 1. The molecule has 0 saturated carbocycles. The van der Waals surface area contributed by atoms with E-state index in [1.165, 1.54) is 0 Å². The highest BCUT2D eigenvalue weighted by Crippen LogP contribution is 2.27. The molecule has 0 radical (unpaired) electrons. The largest absolute Gasteiger partial charge is 0.496 e. The van der Waals surface area contributed by atoms with E-state index in [1.807, 2.05) is 32.0 Å². The van der Waals surface area contributed by atoms with E-state index < -0.39 is 0 Å². The van der Waals surface area contributed by atoms with Crippen LogP contribution in [0.4, 0.5) is 0 Å². The molecule has 2 atom stereocenters. The molecule has 120 valence electrons. The van der Waals surface area contributed by atoms with Crippen molar-refractivity contribution in [2.45, 2.75) is 32.7 Å². The number of carbonyl (C=O) groups excluding carboxylic acids is 2. The van der Waals surface area contributed by atoms with Gasteiger partial charge >= 0.3 is 0 Å². The molecule has 1 aliphatic rings. The highest BCUT2D eigenvalue weighted by Gasteiger charge is 2.29. The van der Waals surface area contributed by atoms with Gasteiger partial charge in [0.25, 0.3) is 0 Å². The number of likely N-dealkylation sites (tertiary alicyclic amines) is 1. The van der Waals surface area contributed by atoms with Gasteiger partial charge in [-0.15, -0.1) is 0 Å². The number of rotatable bonds is 4. The number of amides is 2. The number of ether oxygens (including phenoxy) is 1. The van der Waals surface area contributed by atoms with E-state index in [-0.39, 0.29) is 23.8 Å². The van der Waals surface area contributed by atoms with Gasteiger partial charge in [-0.1, -0.05) is 17.7 Å². The van der Waals surface area contributed by atoms with Crippen molar-refractivity contribution in [3.63, 3.8) is 0 Å². The molecule has 5 nitrogen and oxygen atoms in total. The van der Waals surface area contributed by atoms with E-state index in [1.54, 1.807) is 19.1 Å². The molecule has 0 aliphatic carbocycles. The van der Waals surface area contributed by atoms with Crippen LogP contribution in [0.25, 0.3) is 0 Å². The molecule has 0 aromatic heterocycles. The predicted octanol–water partition coefficient (Wildman–Crippen LogP) is 2.05. The lowest BCUT2D eigenvalue weighted by atomic mass is 9.94. The monoisotopic (exact) mass is 304 g/mol. The molecule has 1 aromatic carbocycles. The van der Waals surface area contributed by atoms with Crippen molar-refractivity contribution in [1.29, 1.82) is 0 Å². The summed E-state index contributed by atoms with van der Waals surface area (Å²) in [5, 5.41) is 3.01. The lowest BCUT2D eigenvalue weighted by molar-refractivity contribution is -0.139. The standard InChI is InChI=1S/C17H24N2O3/c1-11-5-6-15(22-4)14(9-11)12(2)18-17(21)13-7-8-19(3)16(20)10-13/h5-6,9,12-13H,7-8,10H2,1-4H3,(H,18,21)/t12-,13+/m0/s1. The molecule has 1 N–H and O–H groups in total. The van der Waals surface area contributed by atoms with Crippen LogP contribution >= 0.6 is 0 Å². The van der Waals surface area contributed by atoms with E-state index in [2.05, 4.69) is 5.32 Å². The molecule has 1 fully saturated rings. The van der Waals surface area contributed by atoms with Gasteiger partial charge in [-0.3, -0.25) is 9.59 Å². The smallest absolute Gasteiger partial charge is 0.224 e. The van der Waals surface area contributed by atoms with E-state index >= 15 is 0 Å². The third kappa shape index (κ3) is 3.59. The zero-order valence-corrected chi connectivity index (χ0v) is 13.7. The van der Waals surface area contributed by atoms with Gasteiger partial charge in [0, 0.05) is 31.5 Å². The molecule has 2 amide bonds. The average Bonchev–Trinajstić information content (AvgIpc) is 2.49. The van der Waals surface area contributed by atoms with Crippen LogP contribution in [0.3, 0.4) is 0 Å². The van der Waals surface area contributed by atoms with E-state index in [9.17, 15) is 9.59 Å². The molecule has 1 aromatic rings. The molecular weight excluding hydrogens is 280 g/mol. The van der Waals surface area contributed by atoms with Gasteiger partial charge in [0.05, 0.1) is 13.2 Å². The maximum atomic E-state index is 12.4. The Hall–Kier alpha value is -2.04. The van der Waals surface area contributed by atoms with Gasteiger partial charge in [-0.2, -0.15) is 0 Å². The van der Waals surface area contributed by atoms with Crippen molar-refractivity contribution >= 4 is 11.8 Å². The lowest BCUT2D eigenvalue weighted by Gasteiger charge is -2.29. The fourth-order valence-electron chi connectivity index (χ4n) is 2.77. The molecule has 0 bridgehead atoms. The van der Waals surface area contributed by atoms with Crippen molar-refractivity contribution in [1.82, 2.24) is 10.2 Å². The number of methoxy groups -OCH3 is 1. The Bertz CT molecular complexity index is 571. The minimum absolute atomic E-state index is 0.0344. The van der Waals surface area contributed by atoms with Crippen molar-refractivity contribution in [3.8, 4) is 5.75 Å². The molecular formula is C17H24N2O3. The van der Waals surface area contributed by atoms with Gasteiger partial charge < -0.3 is 15.0 Å². The summed E-state index contributed by atoms with van der Waals surface area (Å²) >= 11 is 0. The van der Waals surface area contributed by atoms with E-state index in [4.69, 9.17) is 4.74 Å². The topological polar surface area (TPSA) is 58.6 Å². The van der Waals surface area contributed by atoms with Crippen LogP contribution in [0.1, 0.15) is 36.9 Å². The number of nitrogens with zero attached hydrogens (tertiary/aromatic N) is 1. The maximum absolute atomic E-state index is 12.4. The summed E-state index contributed by atoms with van der Waals surface area (Å²) in [5.74, 6) is 0.504. The molecule has 0 unspecified atom stereocenters. The van der Waals surface area contributed by atoms with Gasteiger partial charge in [0.15, 0.2) is 0 Å². The van der Waals surface area contributed by atoms with Crippen LogP contribution in [-0.4, -0.2) is 37.4 Å². The Morgan fingerprint density at radius 3 is 2.82 bits per heavy atom. The molecule has 1 aliphatic heterocycles. The summed E-state index contributed by atoms with van der Waals surface area (Å²) in [7, 11) is 3.40. The first-order valence-corrected chi connectivity index (χ1v) is 7.61. The van der Waals surface area contributed by atoms with Gasteiger partial charge in [0.1, 0.15) is 5.75 Å². The van der Waals surface area contributed by atoms with Crippen LogP contribution in [0, 0.1) is 12.8 Å². The minimum atomic E-state index is -0.234. The Morgan fingerprint density at radius 2 is 2.18 bits per heavy atom. The Labute approximate surface area is 131 Å². The molecule has 22 heavy (non-hydrogen) atoms. The summed E-state index contributed by atoms with van der Waals surface area (Å²) in [5.41, 5.74) is 2.07. The Balaban J connectivity index is 2.05. The first-order valence-electron chi connectivity index (χ1n) is 7.61. The number of hydrogen-bond donors (Lipinski definition) is 1. The molecule has 1 saturated heterocycles. The first kappa shape index (κ1) is 16.3. The van der Waals surface area contributed by atoms with Crippen molar-refractivity contribution in [2.24, 2.45) is 5.92 Å². The SMILES string of the molecule is COc1ccc(C)cc1[C@H](C)NC(=O)[C@@H]1CCN(C)C(=O)C1. The maximum Gasteiger partial charge on any atom is 0.224 e. The van der Waals surface area contributed by atoms with Gasteiger partial charge in [0.2, 0.25) is 11.8 Å². The van der Waals surface area contributed by atoms with Crippen molar-refractivity contribution < 1.29 is 14.3 Å². The summed E-state index contributed by atoms with van der Waals surface area (Å²) in [6.07, 6.45) is 1.01. The molecule has 0 spiro atoms. The molecule has 1 heterocycles. The predicted molar refractivity (Wildman–Crippen MR) is 84.6 cm³/mol. The molecule has 2 rings (SSSR count). The number of piperidine rings is 1. The number of aryl methyl sites for hydroxylation is 1. The minimum Gasteiger partial charge on any atom is -0.496 e. The average molecular weight is 304 g/mol. The zero-order chi connectivity index (χ0) is 16.3. The fourth-order valence-corrected chi connectivity index (χ4v) is 2.77. The number of hydrogen-bond acceptors (Lipinski definition) is 3. The van der Waals surface area contributed by atoms with Crippen LogP contribution in [0.15, 0.2) is 18.2 Å². The third-order valence-electron chi connectivity index (χ3n) is 4.24. The van der Waals surface area contributed by atoms with Crippen LogP contribution in [-0.2, 0) is 9.59 Å². The van der Waals surface area contributed by atoms with Crippen LogP contribution < -0.4 is 10.1 Å². The second kappa shape index (κ2) is 6.81. The third-order valence-corrected chi connectivity index (χ3v) is 4.24. The number of carbonyl (C=O) groups is 2. The van der Waals surface area contributed by atoms with Gasteiger partial charge in [-0.05, 0) is 26.3 Å². The number of nitrogens with one attached hydrogen (secondary N) is 1. The van der Waals surface area contributed by atoms with E-state index in [0.717, 1.165) is 16.9 Å². The van der Waals surface area contributed by atoms with Crippen LogP contribution in [0.5, 0.6) is 5.75 Å². The highest BCUT2D eigenvalue weighted by atomic mass is 16.5. The summed E-state index contributed by atoms with van der Waals surface area (Å²) in [4.78, 5) is 25.8. The quantitative estimate of drug-likeness (QED) is 0.926. The fraction of sp³-hybridized carbons (Fsp3) is 0.529. The normalized spacial score (nSPS) is 19.7. The van der Waals surface area contributed by atoms with Crippen LogP contribution in [0.2, 0.25) is 0 Å². The Morgan fingerprint density at radius 1 is 1.45 bits per heavy atom. The van der Waals surface area contributed by atoms with Gasteiger partial charge in [-0.25, -0.2) is 0 Å². The zero-order valence-electron chi connectivity index (χ0n) is 13.7. The van der Waals surface area contributed by atoms with Crippen molar-refractivity contribution in [3.05, 3.63) is 29.3 Å². The summed E-state index contributed by atoms with van der Waals surface area (Å²) in [6.45, 7) is 4.58. The summed E-state index contributed by atoms with van der Waals surface area (Å²) in [6, 6.07) is 5.75. The second-order valence-corrected chi connectivity index (χ2v) is 5.98. The van der Waals surface area contributed by atoms with Crippen molar-refractivity contribution in [2.75, 3.05) is 20.7 Å². The first-order chi connectivity index (χ1) is 10.4. The lowest BCUT2D eigenvalue weighted by Crippen LogP contribution is -2.42. The summed E-state index contributed by atoms with van der Waals surface area (Å²) < 4.78 is 5.37. The second-order valence-electron chi connectivity index (χ2n) is 5.98. The Kier molecular flexibility index (Phi) is 5.06. The highest BCUT2D eigenvalue weighted by molar-refractivity contribution is 5.87. The molecule has 5 heteroatoms.